The Bertz CT molecular complexity index is 581. The number of benzene rings is 1. The molecule has 1 aliphatic carbocycles. The van der Waals surface area contributed by atoms with E-state index in [-0.39, 0.29) is 17.1 Å². The minimum absolute atomic E-state index is 0.0204. The van der Waals surface area contributed by atoms with Crippen LogP contribution >= 0.6 is 0 Å². The van der Waals surface area contributed by atoms with E-state index < -0.39 is 14.9 Å². The Hall–Kier alpha value is -1.51. The molecule has 8 heteroatoms. The van der Waals surface area contributed by atoms with Crippen molar-refractivity contribution in [3.63, 3.8) is 0 Å². The van der Waals surface area contributed by atoms with Gasteiger partial charge in [0.1, 0.15) is 0 Å². The molecule has 1 aromatic rings. The molecular formula is C13H18N2O5S. The SMILES string of the molecule is O=[N+]([O-])c1ccc(S(=O)(=O)NCCCOCC2CC2)cc1. The summed E-state index contributed by atoms with van der Waals surface area (Å²) in [6.07, 6.45) is 3.05. The van der Waals surface area contributed by atoms with Crippen LogP contribution in [0.4, 0.5) is 5.69 Å². The van der Waals surface area contributed by atoms with Gasteiger partial charge in [0.2, 0.25) is 10.0 Å². The molecule has 0 saturated heterocycles. The predicted octanol–water partition coefficient (Wildman–Crippen LogP) is 1.69. The lowest BCUT2D eigenvalue weighted by atomic mass is 10.3. The summed E-state index contributed by atoms with van der Waals surface area (Å²) >= 11 is 0. The number of nitro benzene ring substituents is 1. The summed E-state index contributed by atoms with van der Waals surface area (Å²) in [7, 11) is -3.62. The van der Waals surface area contributed by atoms with Gasteiger partial charge in [0.05, 0.1) is 9.82 Å². The summed E-state index contributed by atoms with van der Waals surface area (Å²) < 4.78 is 31.7. The predicted molar refractivity (Wildman–Crippen MR) is 76.4 cm³/mol. The minimum atomic E-state index is -3.62. The zero-order valence-corrected chi connectivity index (χ0v) is 12.3. The Morgan fingerprint density at radius 3 is 2.52 bits per heavy atom. The molecule has 1 saturated carbocycles. The maximum Gasteiger partial charge on any atom is 0.269 e. The number of hydrogen-bond donors (Lipinski definition) is 1. The number of rotatable bonds is 9. The molecule has 7 nitrogen and oxygen atoms in total. The standard InChI is InChI=1S/C13H18N2O5S/c16-15(17)12-4-6-13(7-5-12)21(18,19)14-8-1-9-20-10-11-2-3-11/h4-7,11,14H,1-3,8-10H2. The minimum Gasteiger partial charge on any atom is -0.381 e. The van der Waals surface area contributed by atoms with Crippen molar-refractivity contribution in [3.8, 4) is 0 Å². The van der Waals surface area contributed by atoms with E-state index in [0.29, 0.717) is 18.9 Å². The molecular weight excluding hydrogens is 296 g/mol. The third-order valence-corrected chi connectivity index (χ3v) is 4.64. The molecule has 0 aromatic heterocycles. The smallest absolute Gasteiger partial charge is 0.269 e. The first-order valence-electron chi connectivity index (χ1n) is 6.81. The van der Waals surface area contributed by atoms with E-state index in [2.05, 4.69) is 4.72 Å². The number of non-ortho nitro benzene ring substituents is 1. The summed E-state index contributed by atoms with van der Waals surface area (Å²) in [5, 5.41) is 10.5. The first-order chi connectivity index (χ1) is 9.99. The zero-order chi connectivity index (χ0) is 15.3. The van der Waals surface area contributed by atoms with Crippen molar-refractivity contribution in [2.75, 3.05) is 19.8 Å². The van der Waals surface area contributed by atoms with Gasteiger partial charge in [-0.1, -0.05) is 0 Å². The van der Waals surface area contributed by atoms with Crippen molar-refractivity contribution in [1.29, 1.82) is 0 Å². The fraction of sp³-hybridized carbons (Fsp3) is 0.538. The van der Waals surface area contributed by atoms with Crippen LogP contribution in [0.15, 0.2) is 29.2 Å². The molecule has 2 rings (SSSR count). The lowest BCUT2D eigenvalue weighted by Crippen LogP contribution is -2.25. The summed E-state index contributed by atoms with van der Waals surface area (Å²) in [6.45, 7) is 1.57. The highest BCUT2D eigenvalue weighted by atomic mass is 32.2. The third-order valence-electron chi connectivity index (χ3n) is 3.17. The number of hydrogen-bond acceptors (Lipinski definition) is 5. The van der Waals surface area contributed by atoms with Crippen LogP contribution in [0.2, 0.25) is 0 Å². The van der Waals surface area contributed by atoms with Gasteiger partial charge in [-0.3, -0.25) is 10.1 Å². The van der Waals surface area contributed by atoms with E-state index in [1.54, 1.807) is 0 Å². The largest absolute Gasteiger partial charge is 0.381 e. The lowest BCUT2D eigenvalue weighted by Gasteiger charge is -2.07. The number of ether oxygens (including phenoxy) is 1. The highest BCUT2D eigenvalue weighted by molar-refractivity contribution is 7.89. The van der Waals surface area contributed by atoms with Gasteiger partial charge in [-0.15, -0.1) is 0 Å². The molecule has 1 aliphatic rings. The van der Waals surface area contributed by atoms with Gasteiger partial charge in [0, 0.05) is 31.9 Å². The molecule has 0 atom stereocenters. The van der Waals surface area contributed by atoms with Crippen molar-refractivity contribution in [2.24, 2.45) is 5.92 Å². The fourth-order valence-corrected chi connectivity index (χ4v) is 2.82. The van der Waals surface area contributed by atoms with Gasteiger partial charge in [-0.05, 0) is 37.3 Å². The van der Waals surface area contributed by atoms with Crippen molar-refractivity contribution in [2.45, 2.75) is 24.2 Å². The van der Waals surface area contributed by atoms with E-state index in [9.17, 15) is 18.5 Å². The molecule has 0 aliphatic heterocycles. The second-order valence-corrected chi connectivity index (χ2v) is 6.79. The highest BCUT2D eigenvalue weighted by Crippen LogP contribution is 2.28. The second-order valence-electron chi connectivity index (χ2n) is 5.02. The molecule has 0 bridgehead atoms. The Balaban J connectivity index is 1.75. The number of nitro groups is 1. The normalized spacial score (nSPS) is 15.0. The molecule has 21 heavy (non-hydrogen) atoms. The summed E-state index contributed by atoms with van der Waals surface area (Å²) in [5.74, 6) is 0.696. The van der Waals surface area contributed by atoms with E-state index in [1.165, 1.54) is 37.1 Å². The van der Waals surface area contributed by atoms with Gasteiger partial charge in [-0.25, -0.2) is 13.1 Å². The van der Waals surface area contributed by atoms with Gasteiger partial charge in [-0.2, -0.15) is 0 Å². The molecule has 1 fully saturated rings. The molecule has 1 aromatic carbocycles. The number of nitrogens with one attached hydrogen (secondary N) is 1. The van der Waals surface area contributed by atoms with E-state index in [4.69, 9.17) is 4.74 Å². The quantitative estimate of drug-likeness (QED) is 0.425. The van der Waals surface area contributed by atoms with Crippen LogP contribution in [0.5, 0.6) is 0 Å². The van der Waals surface area contributed by atoms with Crippen LogP contribution in [0.25, 0.3) is 0 Å². The zero-order valence-electron chi connectivity index (χ0n) is 11.5. The fourth-order valence-electron chi connectivity index (χ4n) is 1.75. The average Bonchev–Trinajstić information content (AvgIpc) is 3.27. The number of nitrogens with zero attached hydrogens (tertiary/aromatic N) is 1. The van der Waals surface area contributed by atoms with E-state index in [1.807, 2.05) is 0 Å². The van der Waals surface area contributed by atoms with E-state index in [0.717, 1.165) is 6.61 Å². The first kappa shape index (κ1) is 15.9. The van der Waals surface area contributed by atoms with E-state index >= 15 is 0 Å². The van der Waals surface area contributed by atoms with Crippen molar-refractivity contribution in [3.05, 3.63) is 34.4 Å². The summed E-state index contributed by atoms with van der Waals surface area (Å²) in [4.78, 5) is 9.97. The van der Waals surface area contributed by atoms with Crippen LogP contribution in [-0.2, 0) is 14.8 Å². The average molecular weight is 314 g/mol. The number of sulfonamides is 1. The van der Waals surface area contributed by atoms with Crippen molar-refractivity contribution < 1.29 is 18.1 Å². The molecule has 116 valence electrons. The monoisotopic (exact) mass is 314 g/mol. The molecule has 0 radical (unpaired) electrons. The lowest BCUT2D eigenvalue weighted by molar-refractivity contribution is -0.384. The van der Waals surface area contributed by atoms with Crippen LogP contribution in [0.3, 0.4) is 0 Å². The summed E-state index contributed by atoms with van der Waals surface area (Å²) in [6, 6.07) is 4.80. The Morgan fingerprint density at radius 1 is 1.29 bits per heavy atom. The van der Waals surface area contributed by atoms with Gasteiger partial charge >= 0.3 is 0 Å². The summed E-state index contributed by atoms with van der Waals surface area (Å²) in [5.41, 5.74) is -0.137. The van der Waals surface area contributed by atoms with Crippen LogP contribution in [0, 0.1) is 16.0 Å². The topological polar surface area (TPSA) is 98.5 Å². The van der Waals surface area contributed by atoms with Crippen LogP contribution in [-0.4, -0.2) is 33.1 Å². The molecule has 0 amide bonds. The maximum atomic E-state index is 11.9. The Morgan fingerprint density at radius 2 is 1.95 bits per heavy atom. The second kappa shape index (κ2) is 6.97. The van der Waals surface area contributed by atoms with Gasteiger partial charge in [0.25, 0.3) is 5.69 Å². The van der Waals surface area contributed by atoms with Crippen molar-refractivity contribution in [1.82, 2.24) is 4.72 Å². The molecule has 1 N–H and O–H groups in total. The first-order valence-corrected chi connectivity index (χ1v) is 8.29. The molecule has 0 unspecified atom stereocenters. The van der Waals surface area contributed by atoms with Crippen LogP contribution < -0.4 is 4.72 Å². The maximum absolute atomic E-state index is 11.9. The molecule has 0 spiro atoms. The van der Waals surface area contributed by atoms with Crippen LogP contribution in [0.1, 0.15) is 19.3 Å². The third kappa shape index (κ3) is 5.07. The highest BCUT2D eigenvalue weighted by Gasteiger charge is 2.21. The Kier molecular flexibility index (Phi) is 5.27. The van der Waals surface area contributed by atoms with Crippen molar-refractivity contribution >= 4 is 15.7 Å². The Labute approximate surface area is 123 Å². The van der Waals surface area contributed by atoms with Gasteiger partial charge in [0.15, 0.2) is 0 Å². The molecule has 0 heterocycles. The van der Waals surface area contributed by atoms with Gasteiger partial charge < -0.3 is 4.74 Å².